The molecule has 0 saturated carbocycles. The van der Waals surface area contributed by atoms with Crippen LogP contribution >= 0.6 is 0 Å². The average Bonchev–Trinajstić information content (AvgIpc) is 3.14. The second kappa shape index (κ2) is 13.8. The molecule has 3 amide bonds. The lowest BCUT2D eigenvalue weighted by molar-refractivity contribution is -0.127. The molecule has 8 nitrogen and oxygen atoms in total. The molecule has 1 fully saturated rings. The summed E-state index contributed by atoms with van der Waals surface area (Å²) in [6, 6.07) is 20.1. The van der Waals surface area contributed by atoms with Gasteiger partial charge in [0.15, 0.2) is 0 Å². The number of anilines is 2. The molecule has 0 aromatic heterocycles. The molecule has 2 aliphatic heterocycles. The van der Waals surface area contributed by atoms with Crippen molar-refractivity contribution < 1.29 is 27.9 Å². The Hall–Kier alpha value is -4.57. The summed E-state index contributed by atoms with van der Waals surface area (Å²) >= 11 is 0. The highest BCUT2D eigenvalue weighted by atomic mass is 19.3. The van der Waals surface area contributed by atoms with Crippen molar-refractivity contribution in [1.29, 1.82) is 0 Å². The molecule has 0 unspecified atom stereocenters. The molecule has 46 heavy (non-hydrogen) atoms. The topological polar surface area (TPSA) is 82.2 Å². The molecular formula is C36H40F2N4O4. The first-order valence-electron chi connectivity index (χ1n) is 15.6. The number of carbonyl (C=O) groups is 3. The molecular weight excluding hydrogens is 590 g/mol. The van der Waals surface area contributed by atoms with Crippen LogP contribution in [0.15, 0.2) is 78.9 Å². The van der Waals surface area contributed by atoms with Gasteiger partial charge in [0.25, 0.3) is 17.7 Å². The number of benzene rings is 3. The number of amides is 3. The summed E-state index contributed by atoms with van der Waals surface area (Å²) in [6.07, 6.45) is 1.87. The number of hydrogen-bond donors (Lipinski definition) is 1. The van der Waals surface area contributed by atoms with Crippen molar-refractivity contribution in [2.24, 2.45) is 0 Å². The molecule has 0 radical (unpaired) electrons. The van der Waals surface area contributed by atoms with Gasteiger partial charge in [0, 0.05) is 60.6 Å². The third-order valence-electron chi connectivity index (χ3n) is 8.43. The van der Waals surface area contributed by atoms with E-state index in [0.717, 1.165) is 18.9 Å². The summed E-state index contributed by atoms with van der Waals surface area (Å²) in [5, 5.41) is 2.82. The Labute approximate surface area is 268 Å². The lowest BCUT2D eigenvalue weighted by Crippen LogP contribution is -2.44. The molecule has 2 aliphatic rings. The Bertz CT molecular complexity index is 1610. The van der Waals surface area contributed by atoms with Crippen molar-refractivity contribution in [1.82, 2.24) is 9.80 Å². The Morgan fingerprint density at radius 1 is 0.935 bits per heavy atom. The Balaban J connectivity index is 1.35. The maximum atomic E-state index is 15.7. The molecule has 0 bridgehead atoms. The Kier molecular flexibility index (Phi) is 9.86. The fourth-order valence-corrected chi connectivity index (χ4v) is 5.91. The van der Waals surface area contributed by atoms with Crippen LogP contribution in [0.5, 0.6) is 5.75 Å². The molecule has 3 aromatic carbocycles. The molecule has 10 heteroatoms. The molecule has 3 aromatic rings. The van der Waals surface area contributed by atoms with Gasteiger partial charge in [0.2, 0.25) is 5.91 Å². The lowest BCUT2D eigenvalue weighted by Gasteiger charge is -2.35. The number of hydrogen-bond acceptors (Lipinski definition) is 5. The van der Waals surface area contributed by atoms with Gasteiger partial charge in [0.1, 0.15) is 5.75 Å². The van der Waals surface area contributed by atoms with E-state index in [1.165, 1.54) is 11.0 Å². The predicted molar refractivity (Wildman–Crippen MR) is 176 cm³/mol. The van der Waals surface area contributed by atoms with Gasteiger partial charge < -0.3 is 24.8 Å². The standard InChI is InChI=1S/C36H40F2N4O4/c1-24(2)46-32-12-8-6-10-29(32)34(44)39-26-15-13-25(14-16-26)35(45)42-22-19-36(37,38)30(28-9-5-7-11-31(28)42)23-33(43)41-20-17-27(18-21-41)40(3)4/h5-16,23-24,27H,17-22H2,1-4H3,(H,39,44). The van der Waals surface area contributed by atoms with E-state index in [1.54, 1.807) is 71.6 Å². The Morgan fingerprint density at radius 2 is 1.59 bits per heavy atom. The first-order chi connectivity index (χ1) is 21.9. The lowest BCUT2D eigenvalue weighted by atomic mass is 9.96. The molecule has 5 rings (SSSR count). The second-order valence-electron chi connectivity index (χ2n) is 12.2. The maximum Gasteiger partial charge on any atom is 0.275 e. The van der Waals surface area contributed by atoms with Gasteiger partial charge in [-0.1, -0.05) is 30.3 Å². The third-order valence-corrected chi connectivity index (χ3v) is 8.43. The summed E-state index contributed by atoms with van der Waals surface area (Å²) in [4.78, 5) is 45.1. The molecule has 0 aliphatic carbocycles. The highest BCUT2D eigenvalue weighted by Gasteiger charge is 2.42. The molecule has 2 heterocycles. The van der Waals surface area contributed by atoms with E-state index < -0.39 is 24.2 Å². The highest BCUT2D eigenvalue weighted by Crippen LogP contribution is 2.43. The molecule has 0 spiro atoms. The van der Waals surface area contributed by atoms with Crippen LogP contribution in [0.1, 0.15) is 59.4 Å². The zero-order valence-electron chi connectivity index (χ0n) is 26.6. The van der Waals surface area contributed by atoms with Crippen molar-refractivity contribution in [3.63, 3.8) is 0 Å². The van der Waals surface area contributed by atoms with E-state index in [0.29, 0.717) is 41.8 Å². The fraction of sp³-hybridized carbons (Fsp3) is 0.361. The summed E-state index contributed by atoms with van der Waals surface area (Å²) in [7, 11) is 3.99. The SMILES string of the molecule is CC(C)Oc1ccccc1C(=O)Nc1ccc(C(=O)N2CCC(F)(F)C(=CC(=O)N3CCC(N(C)C)CC3)c3ccccc32)cc1. The largest absolute Gasteiger partial charge is 0.490 e. The molecule has 0 atom stereocenters. The average molecular weight is 631 g/mol. The van der Waals surface area contributed by atoms with Crippen molar-refractivity contribution >= 4 is 34.7 Å². The van der Waals surface area contributed by atoms with Gasteiger partial charge in [-0.2, -0.15) is 0 Å². The number of rotatable bonds is 7. The summed E-state index contributed by atoms with van der Waals surface area (Å²) < 4.78 is 37.2. The van der Waals surface area contributed by atoms with E-state index >= 15 is 8.78 Å². The van der Waals surface area contributed by atoms with Crippen molar-refractivity contribution in [2.45, 2.75) is 51.2 Å². The van der Waals surface area contributed by atoms with E-state index in [9.17, 15) is 14.4 Å². The van der Waals surface area contributed by atoms with Crippen LogP contribution < -0.4 is 15.0 Å². The molecule has 1 saturated heterocycles. The van der Waals surface area contributed by atoms with Crippen LogP contribution in [0, 0.1) is 0 Å². The van der Waals surface area contributed by atoms with Gasteiger partial charge in [0.05, 0.1) is 17.4 Å². The van der Waals surface area contributed by atoms with Gasteiger partial charge in [-0.15, -0.1) is 0 Å². The van der Waals surface area contributed by atoms with Crippen LogP contribution in [0.4, 0.5) is 20.2 Å². The summed E-state index contributed by atoms with van der Waals surface area (Å²) in [6.45, 7) is 4.51. The summed E-state index contributed by atoms with van der Waals surface area (Å²) in [5.74, 6) is -4.14. The minimum absolute atomic E-state index is 0.110. The predicted octanol–water partition coefficient (Wildman–Crippen LogP) is 6.35. The zero-order valence-corrected chi connectivity index (χ0v) is 26.6. The van der Waals surface area contributed by atoms with Gasteiger partial charge >= 0.3 is 0 Å². The normalized spacial score (nSPS) is 17.5. The minimum Gasteiger partial charge on any atom is -0.490 e. The number of halogens is 2. The fourth-order valence-electron chi connectivity index (χ4n) is 5.91. The molecule has 1 N–H and O–H groups in total. The van der Waals surface area contributed by atoms with Gasteiger partial charge in [-0.05, 0) is 83.2 Å². The number of piperidine rings is 1. The maximum absolute atomic E-state index is 15.7. The van der Waals surface area contributed by atoms with Crippen molar-refractivity contribution in [3.8, 4) is 5.75 Å². The number of alkyl halides is 2. The van der Waals surface area contributed by atoms with E-state index in [1.807, 2.05) is 27.9 Å². The van der Waals surface area contributed by atoms with E-state index in [-0.39, 0.29) is 35.3 Å². The van der Waals surface area contributed by atoms with E-state index in [2.05, 4.69) is 10.2 Å². The number of para-hydroxylation sites is 2. The van der Waals surface area contributed by atoms with Crippen LogP contribution in [0.2, 0.25) is 0 Å². The summed E-state index contributed by atoms with van der Waals surface area (Å²) in [5.41, 5.74) is 1.20. The third kappa shape index (κ3) is 7.28. The van der Waals surface area contributed by atoms with E-state index in [4.69, 9.17) is 4.74 Å². The number of nitrogens with one attached hydrogen (secondary N) is 1. The number of ether oxygens (including phenoxy) is 1. The quantitative estimate of drug-likeness (QED) is 0.308. The number of likely N-dealkylation sites (tertiary alicyclic amines) is 1. The first-order valence-corrected chi connectivity index (χ1v) is 15.6. The van der Waals surface area contributed by atoms with Gasteiger partial charge in [-0.25, -0.2) is 8.78 Å². The highest BCUT2D eigenvalue weighted by molar-refractivity contribution is 6.10. The van der Waals surface area contributed by atoms with Crippen LogP contribution in [0.25, 0.3) is 5.57 Å². The van der Waals surface area contributed by atoms with Crippen molar-refractivity contribution in [2.75, 3.05) is 43.9 Å². The number of allylic oxidation sites excluding steroid dienone is 1. The second-order valence-corrected chi connectivity index (χ2v) is 12.2. The van der Waals surface area contributed by atoms with Crippen LogP contribution in [0.3, 0.4) is 0 Å². The smallest absolute Gasteiger partial charge is 0.275 e. The molecule has 242 valence electrons. The van der Waals surface area contributed by atoms with Crippen LogP contribution in [-0.2, 0) is 4.79 Å². The van der Waals surface area contributed by atoms with Crippen molar-refractivity contribution in [3.05, 3.63) is 95.6 Å². The number of carbonyl (C=O) groups excluding carboxylic acids is 3. The number of nitrogens with zero attached hydrogens (tertiary/aromatic N) is 3. The minimum atomic E-state index is -3.33. The monoisotopic (exact) mass is 630 g/mol. The first kappa shape index (κ1) is 32.8. The number of fused-ring (bicyclic) bond motifs is 1. The van der Waals surface area contributed by atoms with Crippen LogP contribution in [-0.4, -0.2) is 79.3 Å². The van der Waals surface area contributed by atoms with Gasteiger partial charge in [-0.3, -0.25) is 14.4 Å². The Morgan fingerprint density at radius 3 is 2.26 bits per heavy atom. The zero-order chi connectivity index (χ0) is 33.0.